The predicted octanol–water partition coefficient (Wildman–Crippen LogP) is 4.21. The number of benzene rings is 1. The predicted molar refractivity (Wildman–Crippen MR) is 81.8 cm³/mol. The number of ether oxygens (including phenoxy) is 2. The topological polar surface area (TPSA) is 55.8 Å². The van der Waals surface area contributed by atoms with E-state index in [1.54, 1.807) is 0 Å². The lowest BCUT2D eigenvalue weighted by Gasteiger charge is -2.17. The van der Waals surface area contributed by atoms with E-state index in [1.165, 1.54) is 0 Å². The average molecular weight is 345 g/mol. The minimum atomic E-state index is -0.774. The first kappa shape index (κ1) is 16.8. The van der Waals surface area contributed by atoms with Crippen molar-refractivity contribution in [3.8, 4) is 11.5 Å². The van der Waals surface area contributed by atoms with Crippen LogP contribution in [0.4, 0.5) is 0 Å². The maximum absolute atomic E-state index is 10.7. The highest BCUT2D eigenvalue weighted by Crippen LogP contribution is 2.38. The second-order valence-corrected chi connectivity index (χ2v) is 5.37. The van der Waals surface area contributed by atoms with Crippen LogP contribution in [0, 0.1) is 0 Å². The number of aliphatic carboxylic acids is 1. The van der Waals surface area contributed by atoms with Gasteiger partial charge in [0.15, 0.2) is 11.5 Å². The Morgan fingerprint density at radius 2 is 1.80 bits per heavy atom. The summed E-state index contributed by atoms with van der Waals surface area (Å²) in [5.74, 6) is 0.768. The van der Waals surface area contributed by atoms with E-state index in [1.807, 2.05) is 32.9 Å². The van der Waals surface area contributed by atoms with Crippen LogP contribution in [0.3, 0.4) is 0 Å². The van der Waals surface area contributed by atoms with E-state index in [0.29, 0.717) is 31.1 Å². The summed E-state index contributed by atoms with van der Waals surface area (Å²) in [4.78, 5) is 10.7. The summed E-state index contributed by atoms with van der Waals surface area (Å²) in [6, 6.07) is 3.83. The zero-order valence-corrected chi connectivity index (χ0v) is 13.7. The first-order valence-corrected chi connectivity index (χ1v) is 7.59. The molecule has 1 aromatic rings. The number of carboxylic acids is 1. The standard InChI is InChI=1S/C15H21BrO4/c1-4-19-13-8-11(10(3)6-7-15(17)18)12(16)9-14(13)20-5-2/h8-10H,4-7H2,1-3H3,(H,17,18). The molecule has 20 heavy (non-hydrogen) atoms. The Morgan fingerprint density at radius 1 is 1.25 bits per heavy atom. The molecule has 0 aliphatic heterocycles. The van der Waals surface area contributed by atoms with Gasteiger partial charge in [0, 0.05) is 10.9 Å². The molecular weight excluding hydrogens is 324 g/mol. The molecule has 0 fully saturated rings. The molecule has 4 nitrogen and oxygen atoms in total. The van der Waals surface area contributed by atoms with Crippen molar-refractivity contribution < 1.29 is 19.4 Å². The van der Waals surface area contributed by atoms with Crippen LogP contribution in [-0.2, 0) is 4.79 Å². The fourth-order valence-corrected chi connectivity index (χ4v) is 2.67. The van der Waals surface area contributed by atoms with Gasteiger partial charge in [-0.15, -0.1) is 0 Å². The first-order valence-electron chi connectivity index (χ1n) is 6.80. The lowest BCUT2D eigenvalue weighted by molar-refractivity contribution is -0.137. The van der Waals surface area contributed by atoms with E-state index >= 15 is 0 Å². The van der Waals surface area contributed by atoms with Gasteiger partial charge >= 0.3 is 5.97 Å². The highest BCUT2D eigenvalue weighted by atomic mass is 79.9. The molecule has 1 rings (SSSR count). The lowest BCUT2D eigenvalue weighted by atomic mass is 9.96. The molecule has 0 aliphatic rings. The van der Waals surface area contributed by atoms with Crippen LogP contribution in [0.15, 0.2) is 16.6 Å². The van der Waals surface area contributed by atoms with Gasteiger partial charge < -0.3 is 14.6 Å². The van der Waals surface area contributed by atoms with Crippen LogP contribution in [0.2, 0.25) is 0 Å². The lowest BCUT2D eigenvalue weighted by Crippen LogP contribution is -2.04. The molecule has 0 saturated heterocycles. The van der Waals surface area contributed by atoms with Gasteiger partial charge in [-0.1, -0.05) is 22.9 Å². The van der Waals surface area contributed by atoms with Gasteiger partial charge in [-0.3, -0.25) is 4.79 Å². The number of hydrogen-bond acceptors (Lipinski definition) is 3. The van der Waals surface area contributed by atoms with Crippen molar-refractivity contribution in [2.24, 2.45) is 0 Å². The first-order chi connectivity index (χ1) is 9.49. The number of rotatable bonds is 8. The molecule has 1 N–H and O–H groups in total. The number of carboxylic acid groups (broad SMARTS) is 1. The molecule has 112 valence electrons. The van der Waals surface area contributed by atoms with Crippen molar-refractivity contribution in [1.82, 2.24) is 0 Å². The zero-order valence-electron chi connectivity index (χ0n) is 12.1. The van der Waals surface area contributed by atoms with Gasteiger partial charge in [0.1, 0.15) is 0 Å². The normalized spacial score (nSPS) is 12.0. The molecule has 1 unspecified atom stereocenters. The summed E-state index contributed by atoms with van der Waals surface area (Å²) in [6.07, 6.45) is 0.748. The van der Waals surface area contributed by atoms with Crippen LogP contribution in [0.1, 0.15) is 45.1 Å². The van der Waals surface area contributed by atoms with Crippen LogP contribution < -0.4 is 9.47 Å². The molecule has 0 amide bonds. The maximum Gasteiger partial charge on any atom is 0.303 e. The largest absolute Gasteiger partial charge is 0.490 e. The maximum atomic E-state index is 10.7. The number of halogens is 1. The fraction of sp³-hybridized carbons (Fsp3) is 0.533. The molecular formula is C15H21BrO4. The van der Waals surface area contributed by atoms with Gasteiger partial charge in [0.05, 0.1) is 13.2 Å². The fourth-order valence-electron chi connectivity index (χ4n) is 1.96. The van der Waals surface area contributed by atoms with Gasteiger partial charge in [0.25, 0.3) is 0 Å². The molecule has 0 heterocycles. The summed E-state index contributed by atoms with van der Waals surface area (Å²) < 4.78 is 12.1. The molecule has 0 spiro atoms. The Bertz CT molecular complexity index is 459. The molecule has 0 saturated carbocycles. The average Bonchev–Trinajstić information content (AvgIpc) is 2.39. The number of carbonyl (C=O) groups is 1. The van der Waals surface area contributed by atoms with Gasteiger partial charge in [-0.05, 0) is 43.9 Å². The zero-order chi connectivity index (χ0) is 15.1. The smallest absolute Gasteiger partial charge is 0.303 e. The van der Waals surface area contributed by atoms with Gasteiger partial charge in [-0.2, -0.15) is 0 Å². The minimum absolute atomic E-state index is 0.135. The highest BCUT2D eigenvalue weighted by molar-refractivity contribution is 9.10. The van der Waals surface area contributed by atoms with Crippen molar-refractivity contribution in [1.29, 1.82) is 0 Å². The van der Waals surface area contributed by atoms with Crippen molar-refractivity contribution in [3.63, 3.8) is 0 Å². The third kappa shape index (κ3) is 4.71. The van der Waals surface area contributed by atoms with E-state index in [0.717, 1.165) is 10.0 Å². The molecule has 0 aliphatic carbocycles. The Labute approximate surface area is 128 Å². The van der Waals surface area contributed by atoms with E-state index in [-0.39, 0.29) is 12.3 Å². The minimum Gasteiger partial charge on any atom is -0.490 e. The Morgan fingerprint density at radius 3 is 2.30 bits per heavy atom. The second-order valence-electron chi connectivity index (χ2n) is 4.52. The van der Waals surface area contributed by atoms with Crippen molar-refractivity contribution in [2.75, 3.05) is 13.2 Å². The molecule has 1 atom stereocenters. The Balaban J connectivity index is 3.00. The third-order valence-corrected chi connectivity index (χ3v) is 3.67. The van der Waals surface area contributed by atoms with E-state index in [9.17, 15) is 4.79 Å². The summed E-state index contributed by atoms with van der Waals surface area (Å²) in [5, 5.41) is 8.78. The van der Waals surface area contributed by atoms with E-state index in [2.05, 4.69) is 15.9 Å². The molecule has 5 heteroatoms. The Kier molecular flexibility index (Phi) is 6.85. The molecule has 0 radical (unpaired) electrons. The molecule has 0 bridgehead atoms. The summed E-state index contributed by atoms with van der Waals surface area (Å²) in [5.41, 5.74) is 1.04. The molecule has 0 aromatic heterocycles. The quantitative estimate of drug-likeness (QED) is 0.767. The SMILES string of the molecule is CCOc1cc(Br)c(C(C)CCC(=O)O)cc1OCC. The van der Waals surface area contributed by atoms with Gasteiger partial charge in [0.2, 0.25) is 0 Å². The number of hydrogen-bond donors (Lipinski definition) is 1. The van der Waals surface area contributed by atoms with Crippen LogP contribution in [0.5, 0.6) is 11.5 Å². The monoisotopic (exact) mass is 344 g/mol. The van der Waals surface area contributed by atoms with Crippen molar-refractivity contribution >= 4 is 21.9 Å². The van der Waals surface area contributed by atoms with Crippen molar-refractivity contribution in [2.45, 2.75) is 39.5 Å². The van der Waals surface area contributed by atoms with E-state index < -0.39 is 5.97 Å². The van der Waals surface area contributed by atoms with E-state index in [4.69, 9.17) is 14.6 Å². The summed E-state index contributed by atoms with van der Waals surface area (Å²) in [7, 11) is 0. The molecule has 1 aromatic carbocycles. The van der Waals surface area contributed by atoms with Gasteiger partial charge in [-0.25, -0.2) is 0 Å². The summed E-state index contributed by atoms with van der Waals surface area (Å²) >= 11 is 3.53. The van der Waals surface area contributed by atoms with Crippen LogP contribution in [0.25, 0.3) is 0 Å². The second kappa shape index (κ2) is 8.15. The highest BCUT2D eigenvalue weighted by Gasteiger charge is 2.16. The van der Waals surface area contributed by atoms with Crippen LogP contribution >= 0.6 is 15.9 Å². The Hall–Kier alpha value is -1.23. The third-order valence-electron chi connectivity index (χ3n) is 2.98. The van der Waals surface area contributed by atoms with Crippen molar-refractivity contribution in [3.05, 3.63) is 22.2 Å². The van der Waals surface area contributed by atoms with Crippen LogP contribution in [-0.4, -0.2) is 24.3 Å². The summed E-state index contributed by atoms with van der Waals surface area (Å²) in [6.45, 7) is 6.99.